The number of hydrogen-bond acceptors (Lipinski definition) is 5. The summed E-state index contributed by atoms with van der Waals surface area (Å²) in [6, 6.07) is 8.50. The lowest BCUT2D eigenvalue weighted by molar-refractivity contribution is -0.168. The average molecular weight is 251 g/mol. The molecule has 1 aromatic carbocycles. The summed E-state index contributed by atoms with van der Waals surface area (Å²) in [5, 5.41) is 0. The van der Waals surface area contributed by atoms with Gasteiger partial charge >= 0.3 is 11.9 Å². The Morgan fingerprint density at radius 1 is 1.17 bits per heavy atom. The molecule has 2 atom stereocenters. The smallest absolute Gasteiger partial charge is 0.347 e. The third-order valence-corrected chi connectivity index (χ3v) is 2.22. The maximum absolute atomic E-state index is 11.5. The summed E-state index contributed by atoms with van der Waals surface area (Å²) in [6.07, 6.45) is -0.952. The number of rotatable bonds is 5. The van der Waals surface area contributed by atoms with Gasteiger partial charge in [-0.05, 0) is 19.4 Å². The standard InChI is InChI=1S/C13H17NO4/c1-9(14)12(15)18-10(2)13(16)17-8-11-6-4-3-5-7-11/h3-7,9-10H,8,14H2,1-2H3/t9-,10-/m0/s1. The molecular formula is C13H17NO4. The molecular weight excluding hydrogens is 234 g/mol. The highest BCUT2D eigenvalue weighted by Crippen LogP contribution is 2.03. The Hall–Kier alpha value is -1.88. The van der Waals surface area contributed by atoms with Crippen LogP contribution in [0.25, 0.3) is 0 Å². The van der Waals surface area contributed by atoms with Crippen LogP contribution in [0, 0.1) is 0 Å². The normalized spacial score (nSPS) is 13.5. The fraction of sp³-hybridized carbons (Fsp3) is 0.385. The zero-order valence-corrected chi connectivity index (χ0v) is 10.5. The second-order valence-corrected chi connectivity index (χ2v) is 3.96. The molecule has 0 unspecified atom stereocenters. The van der Waals surface area contributed by atoms with Crippen LogP contribution in [0.1, 0.15) is 19.4 Å². The first-order valence-electron chi connectivity index (χ1n) is 5.67. The fourth-order valence-electron chi connectivity index (χ4n) is 1.18. The van der Waals surface area contributed by atoms with E-state index in [1.807, 2.05) is 30.3 Å². The third-order valence-electron chi connectivity index (χ3n) is 2.22. The predicted molar refractivity (Wildman–Crippen MR) is 65.4 cm³/mol. The van der Waals surface area contributed by atoms with Crippen molar-refractivity contribution in [1.82, 2.24) is 0 Å². The van der Waals surface area contributed by atoms with Gasteiger partial charge in [0.15, 0.2) is 6.10 Å². The van der Waals surface area contributed by atoms with E-state index in [2.05, 4.69) is 0 Å². The third kappa shape index (κ3) is 4.55. The molecule has 0 heterocycles. The molecule has 0 saturated heterocycles. The summed E-state index contributed by atoms with van der Waals surface area (Å²) in [7, 11) is 0. The second kappa shape index (κ2) is 6.76. The Kier molecular flexibility index (Phi) is 5.32. The van der Waals surface area contributed by atoms with E-state index in [0.717, 1.165) is 5.56 Å². The molecule has 0 bridgehead atoms. The van der Waals surface area contributed by atoms with E-state index in [9.17, 15) is 9.59 Å². The van der Waals surface area contributed by atoms with Gasteiger partial charge in [-0.3, -0.25) is 4.79 Å². The van der Waals surface area contributed by atoms with Gasteiger partial charge in [-0.2, -0.15) is 0 Å². The molecule has 1 rings (SSSR count). The molecule has 0 aromatic heterocycles. The van der Waals surface area contributed by atoms with Gasteiger partial charge in [0, 0.05) is 0 Å². The van der Waals surface area contributed by atoms with Crippen molar-refractivity contribution in [2.75, 3.05) is 0 Å². The van der Waals surface area contributed by atoms with E-state index in [0.29, 0.717) is 0 Å². The number of nitrogens with two attached hydrogens (primary N) is 1. The summed E-state index contributed by atoms with van der Waals surface area (Å²) in [6.45, 7) is 3.09. The van der Waals surface area contributed by atoms with Crippen molar-refractivity contribution in [3.05, 3.63) is 35.9 Å². The molecule has 0 radical (unpaired) electrons. The molecule has 0 saturated carbocycles. The number of benzene rings is 1. The summed E-state index contributed by atoms with van der Waals surface area (Å²) < 4.78 is 9.84. The molecule has 18 heavy (non-hydrogen) atoms. The first-order valence-corrected chi connectivity index (χ1v) is 5.67. The van der Waals surface area contributed by atoms with Crippen LogP contribution in [0.3, 0.4) is 0 Å². The van der Waals surface area contributed by atoms with E-state index < -0.39 is 24.1 Å². The molecule has 0 aliphatic heterocycles. The highest BCUT2D eigenvalue weighted by atomic mass is 16.6. The molecule has 2 N–H and O–H groups in total. The number of carbonyl (C=O) groups excluding carboxylic acids is 2. The first-order chi connectivity index (χ1) is 8.50. The van der Waals surface area contributed by atoms with Crippen LogP contribution in [0.4, 0.5) is 0 Å². The van der Waals surface area contributed by atoms with Crippen LogP contribution >= 0.6 is 0 Å². The highest BCUT2D eigenvalue weighted by molar-refractivity contribution is 5.81. The summed E-state index contributed by atoms with van der Waals surface area (Å²) in [5.74, 6) is -1.22. The van der Waals surface area contributed by atoms with Crippen molar-refractivity contribution in [3.63, 3.8) is 0 Å². The lowest BCUT2D eigenvalue weighted by Crippen LogP contribution is -2.34. The van der Waals surface area contributed by atoms with Gasteiger partial charge in [0.1, 0.15) is 12.6 Å². The zero-order chi connectivity index (χ0) is 13.5. The molecule has 5 heteroatoms. The van der Waals surface area contributed by atoms with E-state index in [-0.39, 0.29) is 6.61 Å². The Labute approximate surface area is 106 Å². The fourth-order valence-corrected chi connectivity index (χ4v) is 1.18. The largest absolute Gasteiger partial charge is 0.458 e. The quantitative estimate of drug-likeness (QED) is 0.790. The first kappa shape index (κ1) is 14.2. The summed E-state index contributed by atoms with van der Waals surface area (Å²) in [5.41, 5.74) is 6.19. The number of carbonyl (C=O) groups is 2. The van der Waals surface area contributed by atoms with Gasteiger partial charge < -0.3 is 15.2 Å². The van der Waals surface area contributed by atoms with Crippen LogP contribution in [0.2, 0.25) is 0 Å². The lowest BCUT2D eigenvalue weighted by atomic mass is 10.2. The Morgan fingerprint density at radius 3 is 2.33 bits per heavy atom. The Morgan fingerprint density at radius 2 is 1.78 bits per heavy atom. The molecule has 0 aliphatic carbocycles. The van der Waals surface area contributed by atoms with Crippen LogP contribution in [-0.2, 0) is 25.7 Å². The molecule has 5 nitrogen and oxygen atoms in total. The topological polar surface area (TPSA) is 78.6 Å². The summed E-state index contributed by atoms with van der Waals surface area (Å²) >= 11 is 0. The number of hydrogen-bond donors (Lipinski definition) is 1. The molecule has 0 fully saturated rings. The molecule has 0 aliphatic rings. The van der Waals surface area contributed by atoms with Crippen LogP contribution in [0.15, 0.2) is 30.3 Å². The minimum atomic E-state index is -0.952. The molecule has 0 spiro atoms. The minimum absolute atomic E-state index is 0.153. The van der Waals surface area contributed by atoms with Crippen molar-refractivity contribution >= 4 is 11.9 Å². The SMILES string of the molecule is C[C@H](N)C(=O)O[C@@H](C)C(=O)OCc1ccccc1. The van der Waals surface area contributed by atoms with Crippen LogP contribution < -0.4 is 5.73 Å². The maximum atomic E-state index is 11.5. The van der Waals surface area contributed by atoms with Gasteiger partial charge in [0.25, 0.3) is 0 Å². The highest BCUT2D eigenvalue weighted by Gasteiger charge is 2.21. The second-order valence-electron chi connectivity index (χ2n) is 3.96. The molecule has 0 amide bonds. The van der Waals surface area contributed by atoms with Crippen molar-refractivity contribution < 1.29 is 19.1 Å². The van der Waals surface area contributed by atoms with E-state index in [1.165, 1.54) is 13.8 Å². The maximum Gasteiger partial charge on any atom is 0.347 e. The Bertz CT molecular complexity index is 403. The van der Waals surface area contributed by atoms with Crippen molar-refractivity contribution in [2.45, 2.75) is 32.6 Å². The monoisotopic (exact) mass is 251 g/mol. The van der Waals surface area contributed by atoms with Crippen molar-refractivity contribution in [2.24, 2.45) is 5.73 Å². The lowest BCUT2D eigenvalue weighted by Gasteiger charge is -2.14. The van der Waals surface area contributed by atoms with Gasteiger partial charge in [0.2, 0.25) is 0 Å². The van der Waals surface area contributed by atoms with E-state index >= 15 is 0 Å². The van der Waals surface area contributed by atoms with Crippen molar-refractivity contribution in [3.8, 4) is 0 Å². The van der Waals surface area contributed by atoms with Gasteiger partial charge in [-0.1, -0.05) is 30.3 Å². The predicted octanol–water partition coefficient (Wildman–Crippen LogP) is 1.01. The average Bonchev–Trinajstić information content (AvgIpc) is 2.36. The Balaban J connectivity index is 2.39. The minimum Gasteiger partial charge on any atom is -0.458 e. The van der Waals surface area contributed by atoms with Crippen LogP contribution in [-0.4, -0.2) is 24.1 Å². The molecule has 1 aromatic rings. The molecule has 98 valence electrons. The van der Waals surface area contributed by atoms with Gasteiger partial charge in [-0.15, -0.1) is 0 Å². The van der Waals surface area contributed by atoms with E-state index in [4.69, 9.17) is 15.2 Å². The van der Waals surface area contributed by atoms with Gasteiger partial charge in [0.05, 0.1) is 0 Å². The zero-order valence-electron chi connectivity index (χ0n) is 10.5. The van der Waals surface area contributed by atoms with Crippen molar-refractivity contribution in [1.29, 1.82) is 0 Å². The summed E-state index contributed by atoms with van der Waals surface area (Å²) in [4.78, 5) is 22.7. The number of ether oxygens (including phenoxy) is 2. The number of esters is 2. The van der Waals surface area contributed by atoms with E-state index in [1.54, 1.807) is 0 Å². The van der Waals surface area contributed by atoms with Crippen LogP contribution in [0.5, 0.6) is 0 Å². The van der Waals surface area contributed by atoms with Gasteiger partial charge in [-0.25, -0.2) is 4.79 Å².